The van der Waals surface area contributed by atoms with E-state index in [-0.39, 0.29) is 17.4 Å². The van der Waals surface area contributed by atoms with Crippen molar-refractivity contribution in [2.75, 3.05) is 6.61 Å². The molecule has 3 amide bonds. The van der Waals surface area contributed by atoms with Crippen molar-refractivity contribution in [3.63, 3.8) is 0 Å². The zero-order chi connectivity index (χ0) is 19.2. The van der Waals surface area contributed by atoms with E-state index in [9.17, 15) is 19.5 Å². The van der Waals surface area contributed by atoms with Crippen LogP contribution in [-0.4, -0.2) is 35.7 Å². The van der Waals surface area contributed by atoms with Gasteiger partial charge in [-0.3, -0.25) is 10.1 Å². The fraction of sp³-hybridized carbons (Fsp3) is 0.350. The number of phenols is 1. The Morgan fingerprint density at radius 1 is 1.04 bits per heavy atom. The maximum absolute atomic E-state index is 12.2. The SMILES string of the molecule is O=C(COC(=O)c1ccc2ccccc2c1O)NC(=O)NC1CCCCC1. The summed E-state index contributed by atoms with van der Waals surface area (Å²) in [6.07, 6.45) is 5.09. The molecule has 0 aliphatic heterocycles. The van der Waals surface area contributed by atoms with Crippen LogP contribution in [0.25, 0.3) is 10.8 Å². The van der Waals surface area contributed by atoms with Gasteiger partial charge in [-0.1, -0.05) is 49.6 Å². The lowest BCUT2D eigenvalue weighted by molar-refractivity contribution is -0.123. The Hall–Kier alpha value is -3.09. The second kappa shape index (κ2) is 8.53. The van der Waals surface area contributed by atoms with E-state index in [1.807, 2.05) is 12.1 Å². The number of aromatic hydroxyl groups is 1. The predicted octanol–water partition coefficient (Wildman–Crippen LogP) is 2.86. The minimum Gasteiger partial charge on any atom is -0.506 e. The number of carbonyl (C=O) groups is 3. The van der Waals surface area contributed by atoms with Crippen LogP contribution in [0.15, 0.2) is 36.4 Å². The summed E-state index contributed by atoms with van der Waals surface area (Å²) in [4.78, 5) is 35.8. The summed E-state index contributed by atoms with van der Waals surface area (Å²) in [6, 6.07) is 9.67. The standard InChI is InChI=1S/C20H22N2O5/c23-17(22-20(26)21-14-7-2-1-3-8-14)12-27-19(25)16-11-10-13-6-4-5-9-15(13)18(16)24/h4-6,9-11,14,24H,1-3,7-8,12H2,(H2,21,22,23,26). The highest BCUT2D eigenvalue weighted by molar-refractivity contribution is 6.02. The molecule has 0 atom stereocenters. The smallest absolute Gasteiger partial charge is 0.342 e. The van der Waals surface area contributed by atoms with Gasteiger partial charge in [-0.25, -0.2) is 9.59 Å². The van der Waals surface area contributed by atoms with Crippen LogP contribution < -0.4 is 10.6 Å². The van der Waals surface area contributed by atoms with Gasteiger partial charge in [0, 0.05) is 11.4 Å². The van der Waals surface area contributed by atoms with Crippen LogP contribution in [0.4, 0.5) is 4.79 Å². The molecule has 0 saturated heterocycles. The summed E-state index contributed by atoms with van der Waals surface area (Å²) >= 11 is 0. The monoisotopic (exact) mass is 370 g/mol. The van der Waals surface area contributed by atoms with Crippen molar-refractivity contribution in [2.45, 2.75) is 38.1 Å². The summed E-state index contributed by atoms with van der Waals surface area (Å²) in [7, 11) is 0. The Kier molecular flexibility index (Phi) is 5.90. The van der Waals surface area contributed by atoms with Gasteiger partial charge < -0.3 is 15.2 Å². The number of imide groups is 1. The van der Waals surface area contributed by atoms with E-state index < -0.39 is 24.5 Å². The van der Waals surface area contributed by atoms with Gasteiger partial charge >= 0.3 is 12.0 Å². The maximum atomic E-state index is 12.2. The highest BCUT2D eigenvalue weighted by atomic mass is 16.5. The van der Waals surface area contributed by atoms with Crippen molar-refractivity contribution < 1.29 is 24.2 Å². The average Bonchev–Trinajstić information content (AvgIpc) is 2.67. The number of hydrogen-bond donors (Lipinski definition) is 3. The van der Waals surface area contributed by atoms with Gasteiger partial charge in [0.15, 0.2) is 6.61 Å². The third-order valence-electron chi connectivity index (χ3n) is 4.65. The molecule has 3 rings (SSSR count). The quantitative estimate of drug-likeness (QED) is 0.718. The van der Waals surface area contributed by atoms with Crippen molar-refractivity contribution in [2.24, 2.45) is 0 Å². The number of carbonyl (C=O) groups excluding carboxylic acids is 3. The molecule has 142 valence electrons. The molecule has 1 fully saturated rings. The molecule has 2 aromatic carbocycles. The number of ether oxygens (including phenoxy) is 1. The van der Waals surface area contributed by atoms with Crippen LogP contribution in [0.1, 0.15) is 42.5 Å². The molecule has 1 saturated carbocycles. The first-order chi connectivity index (χ1) is 13.0. The number of hydrogen-bond acceptors (Lipinski definition) is 5. The normalized spacial score (nSPS) is 14.5. The number of esters is 1. The molecule has 0 radical (unpaired) electrons. The first-order valence-corrected chi connectivity index (χ1v) is 9.03. The van der Waals surface area contributed by atoms with Gasteiger partial charge in [0.05, 0.1) is 0 Å². The average molecular weight is 370 g/mol. The van der Waals surface area contributed by atoms with Crippen LogP contribution >= 0.6 is 0 Å². The first-order valence-electron chi connectivity index (χ1n) is 9.03. The summed E-state index contributed by atoms with van der Waals surface area (Å²) in [5.74, 6) is -1.76. The molecule has 3 N–H and O–H groups in total. The van der Waals surface area contributed by atoms with E-state index in [1.165, 1.54) is 6.07 Å². The lowest BCUT2D eigenvalue weighted by atomic mass is 9.96. The molecular formula is C20H22N2O5. The van der Waals surface area contributed by atoms with Gasteiger partial charge in [-0.15, -0.1) is 0 Å². The second-order valence-electron chi connectivity index (χ2n) is 6.62. The van der Waals surface area contributed by atoms with Crippen molar-refractivity contribution in [3.8, 4) is 5.75 Å². The number of rotatable bonds is 4. The van der Waals surface area contributed by atoms with Crippen LogP contribution in [0.3, 0.4) is 0 Å². The van der Waals surface area contributed by atoms with Crippen LogP contribution in [0, 0.1) is 0 Å². The first kappa shape index (κ1) is 18.7. The predicted molar refractivity (Wildman–Crippen MR) is 99.4 cm³/mol. The molecule has 0 aromatic heterocycles. The Morgan fingerprint density at radius 3 is 2.56 bits per heavy atom. The number of urea groups is 1. The van der Waals surface area contributed by atoms with Gasteiger partial charge in [-0.05, 0) is 24.3 Å². The lowest BCUT2D eigenvalue weighted by Gasteiger charge is -2.22. The molecular weight excluding hydrogens is 348 g/mol. The van der Waals surface area contributed by atoms with E-state index in [1.54, 1.807) is 18.2 Å². The van der Waals surface area contributed by atoms with Crippen LogP contribution in [-0.2, 0) is 9.53 Å². The highest BCUT2D eigenvalue weighted by Crippen LogP contribution is 2.28. The fourth-order valence-electron chi connectivity index (χ4n) is 3.26. The zero-order valence-electron chi connectivity index (χ0n) is 14.9. The van der Waals surface area contributed by atoms with Crippen LogP contribution in [0.5, 0.6) is 5.75 Å². The number of fused-ring (bicyclic) bond motifs is 1. The lowest BCUT2D eigenvalue weighted by Crippen LogP contribution is -2.46. The number of amides is 3. The number of phenolic OH excluding ortho intramolecular Hbond substituents is 1. The van der Waals surface area contributed by atoms with E-state index in [2.05, 4.69) is 10.6 Å². The third-order valence-corrected chi connectivity index (χ3v) is 4.65. The summed E-state index contributed by atoms with van der Waals surface area (Å²) in [6.45, 7) is -0.608. The summed E-state index contributed by atoms with van der Waals surface area (Å²) in [5, 5.41) is 16.4. The Bertz CT molecular complexity index is 859. The summed E-state index contributed by atoms with van der Waals surface area (Å²) in [5.41, 5.74) is -0.0341. The van der Waals surface area contributed by atoms with E-state index in [4.69, 9.17) is 4.74 Å². The molecule has 0 spiro atoms. The molecule has 1 aliphatic carbocycles. The molecule has 0 bridgehead atoms. The van der Waals surface area contributed by atoms with Crippen molar-refractivity contribution in [3.05, 3.63) is 42.0 Å². The minimum atomic E-state index is -0.832. The molecule has 7 nitrogen and oxygen atoms in total. The van der Waals surface area contributed by atoms with E-state index in [0.29, 0.717) is 5.39 Å². The Labute approximate surface area is 156 Å². The topological polar surface area (TPSA) is 105 Å². The second-order valence-corrected chi connectivity index (χ2v) is 6.62. The number of nitrogens with one attached hydrogen (secondary N) is 2. The van der Waals surface area contributed by atoms with Crippen molar-refractivity contribution in [1.82, 2.24) is 10.6 Å². The van der Waals surface area contributed by atoms with Crippen molar-refractivity contribution in [1.29, 1.82) is 0 Å². The van der Waals surface area contributed by atoms with Crippen LogP contribution in [0.2, 0.25) is 0 Å². The molecule has 2 aromatic rings. The highest BCUT2D eigenvalue weighted by Gasteiger charge is 2.19. The molecule has 0 heterocycles. The molecule has 7 heteroatoms. The van der Waals surface area contributed by atoms with E-state index in [0.717, 1.165) is 37.5 Å². The van der Waals surface area contributed by atoms with Gasteiger partial charge in [-0.2, -0.15) is 0 Å². The number of benzene rings is 2. The molecule has 0 unspecified atom stereocenters. The van der Waals surface area contributed by atoms with Gasteiger partial charge in [0.2, 0.25) is 0 Å². The van der Waals surface area contributed by atoms with E-state index >= 15 is 0 Å². The summed E-state index contributed by atoms with van der Waals surface area (Å²) < 4.78 is 4.92. The molecule has 1 aliphatic rings. The fourth-order valence-corrected chi connectivity index (χ4v) is 3.26. The minimum absolute atomic E-state index is 0.0341. The third kappa shape index (κ3) is 4.75. The largest absolute Gasteiger partial charge is 0.506 e. The van der Waals surface area contributed by atoms with Crippen molar-refractivity contribution >= 4 is 28.7 Å². The molecule has 27 heavy (non-hydrogen) atoms. The maximum Gasteiger partial charge on any atom is 0.342 e. The zero-order valence-corrected chi connectivity index (χ0v) is 14.9. The Balaban J connectivity index is 1.52. The van der Waals surface area contributed by atoms with Gasteiger partial charge in [0.25, 0.3) is 5.91 Å². The Morgan fingerprint density at radius 2 is 1.78 bits per heavy atom. The van der Waals surface area contributed by atoms with Gasteiger partial charge in [0.1, 0.15) is 11.3 Å².